The van der Waals surface area contributed by atoms with E-state index in [0.29, 0.717) is 18.2 Å². The summed E-state index contributed by atoms with van der Waals surface area (Å²) in [6.45, 7) is 0. The molecule has 0 radical (unpaired) electrons. The standard InChI is InChI=1S/C12H12Cl2N4O9S4/c13-5-1-7(15)11(3-9(5)28(16,19)20)30(23,24)18-8-2-6(14)10(31(25,26)27)4-12(8)29(17,21)22/h1-4,18H,15H2,(H2,16,19,20)(H2,17,21,22)(H,25,26,27). The van der Waals surface area contributed by atoms with E-state index in [1.807, 2.05) is 0 Å². The molecule has 0 atom stereocenters. The number of hydrogen-bond acceptors (Lipinski definition) is 9. The van der Waals surface area contributed by atoms with Gasteiger partial charge in [-0.05, 0) is 24.3 Å². The minimum Gasteiger partial charge on any atom is -0.398 e. The van der Waals surface area contributed by atoms with E-state index in [9.17, 15) is 33.7 Å². The molecule has 0 heterocycles. The molecule has 13 nitrogen and oxygen atoms in total. The zero-order valence-electron chi connectivity index (χ0n) is 14.6. The summed E-state index contributed by atoms with van der Waals surface area (Å²) in [5, 5.41) is 8.71. The van der Waals surface area contributed by atoms with Crippen LogP contribution in [0.25, 0.3) is 0 Å². The molecule has 0 bridgehead atoms. The molecule has 0 aliphatic heterocycles. The van der Waals surface area contributed by atoms with Gasteiger partial charge in [-0.15, -0.1) is 0 Å². The zero-order valence-corrected chi connectivity index (χ0v) is 19.4. The van der Waals surface area contributed by atoms with Crippen molar-refractivity contribution in [1.29, 1.82) is 0 Å². The summed E-state index contributed by atoms with van der Waals surface area (Å²) in [5.41, 5.74) is 4.22. The van der Waals surface area contributed by atoms with Crippen molar-refractivity contribution in [3.63, 3.8) is 0 Å². The molecule has 2 aromatic carbocycles. The zero-order chi connectivity index (χ0) is 24.2. The number of nitrogens with one attached hydrogen (secondary N) is 1. The van der Waals surface area contributed by atoms with Gasteiger partial charge in [0.1, 0.15) is 19.6 Å². The number of halogens is 2. The number of nitrogen functional groups attached to an aromatic ring is 1. The predicted molar refractivity (Wildman–Crippen MR) is 111 cm³/mol. The molecule has 0 aliphatic rings. The third-order valence-electron chi connectivity index (χ3n) is 3.52. The van der Waals surface area contributed by atoms with Crippen LogP contribution in [0.5, 0.6) is 0 Å². The lowest BCUT2D eigenvalue weighted by Crippen LogP contribution is -2.21. The minimum atomic E-state index is -5.01. The first-order chi connectivity index (χ1) is 13.7. The highest BCUT2D eigenvalue weighted by Gasteiger charge is 2.28. The van der Waals surface area contributed by atoms with Crippen molar-refractivity contribution in [3.05, 3.63) is 34.3 Å². The van der Waals surface area contributed by atoms with Crippen LogP contribution in [0.2, 0.25) is 10.0 Å². The molecule has 172 valence electrons. The molecule has 0 saturated heterocycles. The van der Waals surface area contributed by atoms with Gasteiger partial charge in [-0.2, -0.15) is 8.42 Å². The molecule has 0 amide bonds. The molecule has 2 aromatic rings. The van der Waals surface area contributed by atoms with Crippen LogP contribution in [0.1, 0.15) is 0 Å². The summed E-state index contributed by atoms with van der Waals surface area (Å²) < 4.78 is 106. The van der Waals surface area contributed by atoms with E-state index in [4.69, 9.17) is 43.8 Å². The highest BCUT2D eigenvalue weighted by Crippen LogP contribution is 2.34. The van der Waals surface area contributed by atoms with Crippen molar-refractivity contribution in [2.24, 2.45) is 10.3 Å². The molecule has 0 aliphatic carbocycles. The fourth-order valence-corrected chi connectivity index (χ4v) is 6.51. The lowest BCUT2D eigenvalue weighted by Gasteiger charge is -2.15. The second-order valence-corrected chi connectivity index (χ2v) is 12.7. The summed E-state index contributed by atoms with van der Waals surface area (Å²) in [6.07, 6.45) is 0. The largest absolute Gasteiger partial charge is 0.398 e. The fourth-order valence-electron chi connectivity index (χ4n) is 2.25. The molecule has 0 saturated carbocycles. The third-order valence-corrected chi connectivity index (χ3v) is 8.59. The van der Waals surface area contributed by atoms with E-state index in [0.717, 1.165) is 6.07 Å². The molecule has 19 heteroatoms. The SMILES string of the molecule is Nc1cc(Cl)c(S(N)(=O)=O)cc1S(=O)(=O)Nc1cc(Cl)c(S(=O)(=O)O)cc1S(N)(=O)=O. The van der Waals surface area contributed by atoms with Crippen LogP contribution in [0.15, 0.2) is 43.8 Å². The average molecular weight is 555 g/mol. The first kappa shape index (κ1) is 25.6. The number of primary sulfonamides is 2. The van der Waals surface area contributed by atoms with Crippen molar-refractivity contribution in [2.75, 3.05) is 10.5 Å². The van der Waals surface area contributed by atoms with Gasteiger partial charge in [0.2, 0.25) is 20.0 Å². The lowest BCUT2D eigenvalue weighted by atomic mass is 10.3. The first-order valence-electron chi connectivity index (χ1n) is 7.23. The molecular formula is C12H12Cl2N4O9S4. The normalized spacial score (nSPS) is 13.2. The van der Waals surface area contributed by atoms with Crippen molar-refractivity contribution >= 4 is 74.8 Å². The van der Waals surface area contributed by atoms with Gasteiger partial charge in [0.15, 0.2) is 0 Å². The third kappa shape index (κ3) is 5.57. The van der Waals surface area contributed by atoms with Gasteiger partial charge in [0.05, 0.1) is 21.4 Å². The van der Waals surface area contributed by atoms with E-state index in [2.05, 4.69) is 0 Å². The Bertz CT molecular complexity index is 1520. The van der Waals surface area contributed by atoms with Gasteiger partial charge in [-0.3, -0.25) is 9.27 Å². The molecule has 0 spiro atoms. The summed E-state index contributed by atoms with van der Waals surface area (Å²) in [7, 11) is -19.1. The smallest absolute Gasteiger partial charge is 0.296 e. The molecule has 31 heavy (non-hydrogen) atoms. The Kier molecular flexibility index (Phi) is 6.61. The maximum absolute atomic E-state index is 12.8. The van der Waals surface area contributed by atoms with Gasteiger partial charge < -0.3 is 5.73 Å². The van der Waals surface area contributed by atoms with Crippen LogP contribution >= 0.6 is 23.2 Å². The molecular weight excluding hydrogens is 543 g/mol. The highest BCUT2D eigenvalue weighted by atomic mass is 35.5. The van der Waals surface area contributed by atoms with Crippen molar-refractivity contribution < 1.29 is 38.2 Å². The molecule has 2 rings (SSSR count). The van der Waals surface area contributed by atoms with E-state index in [1.54, 1.807) is 4.72 Å². The van der Waals surface area contributed by atoms with Gasteiger partial charge in [0.25, 0.3) is 20.1 Å². The van der Waals surface area contributed by atoms with Crippen LogP contribution in [0.3, 0.4) is 0 Å². The van der Waals surface area contributed by atoms with Gasteiger partial charge in [-0.1, -0.05) is 23.2 Å². The van der Waals surface area contributed by atoms with Crippen LogP contribution in [0, 0.1) is 0 Å². The summed E-state index contributed by atoms with van der Waals surface area (Å²) >= 11 is 11.4. The van der Waals surface area contributed by atoms with E-state index >= 15 is 0 Å². The van der Waals surface area contributed by atoms with Crippen LogP contribution in [0.4, 0.5) is 11.4 Å². The number of hydrogen-bond donors (Lipinski definition) is 5. The second-order valence-electron chi connectivity index (χ2n) is 5.77. The maximum atomic E-state index is 12.8. The number of sulfonamides is 3. The Labute approximate surface area is 187 Å². The van der Waals surface area contributed by atoms with Crippen LogP contribution < -0.4 is 20.7 Å². The molecule has 0 aromatic heterocycles. The monoisotopic (exact) mass is 554 g/mol. The Morgan fingerprint density at radius 2 is 1.16 bits per heavy atom. The Morgan fingerprint density at radius 3 is 1.61 bits per heavy atom. The van der Waals surface area contributed by atoms with Crippen LogP contribution in [-0.4, -0.2) is 38.2 Å². The van der Waals surface area contributed by atoms with Gasteiger partial charge >= 0.3 is 0 Å². The summed E-state index contributed by atoms with van der Waals surface area (Å²) in [5.74, 6) is 0. The fraction of sp³-hybridized carbons (Fsp3) is 0. The highest BCUT2D eigenvalue weighted by molar-refractivity contribution is 7.93. The topological polar surface area (TPSA) is 247 Å². The van der Waals surface area contributed by atoms with Crippen molar-refractivity contribution in [1.82, 2.24) is 0 Å². The summed E-state index contributed by atoms with van der Waals surface area (Å²) in [4.78, 5) is -3.80. The van der Waals surface area contributed by atoms with Crippen molar-refractivity contribution in [2.45, 2.75) is 19.6 Å². The Hall–Kier alpha value is -1.70. The van der Waals surface area contributed by atoms with E-state index < -0.39 is 81.2 Å². The molecule has 8 N–H and O–H groups in total. The molecule has 0 fully saturated rings. The van der Waals surface area contributed by atoms with E-state index in [1.165, 1.54) is 0 Å². The Balaban J connectivity index is 2.78. The number of benzene rings is 2. The van der Waals surface area contributed by atoms with E-state index in [-0.39, 0.29) is 0 Å². The predicted octanol–water partition coefficient (Wildman–Crippen LogP) is -0.0821. The lowest BCUT2D eigenvalue weighted by molar-refractivity contribution is 0.483. The number of rotatable bonds is 6. The Morgan fingerprint density at radius 1 is 0.710 bits per heavy atom. The number of nitrogens with two attached hydrogens (primary N) is 3. The quantitative estimate of drug-likeness (QED) is 0.234. The minimum absolute atomic E-state index is 0.325. The summed E-state index contributed by atoms with van der Waals surface area (Å²) in [6, 6.07) is 2.19. The first-order valence-corrected chi connectivity index (χ1v) is 14.0. The second kappa shape index (κ2) is 8.01. The average Bonchev–Trinajstić information content (AvgIpc) is 2.50. The molecule has 0 unspecified atom stereocenters. The van der Waals surface area contributed by atoms with Gasteiger partial charge in [0, 0.05) is 0 Å². The van der Waals surface area contributed by atoms with Gasteiger partial charge in [-0.25, -0.2) is 35.5 Å². The van der Waals surface area contributed by atoms with Crippen LogP contribution in [-0.2, 0) is 40.2 Å². The van der Waals surface area contributed by atoms with Crippen molar-refractivity contribution in [3.8, 4) is 0 Å². The maximum Gasteiger partial charge on any atom is 0.296 e. The number of anilines is 2.